The van der Waals surface area contributed by atoms with E-state index in [-0.39, 0.29) is 23.4 Å². The van der Waals surface area contributed by atoms with Gasteiger partial charge < -0.3 is 25.2 Å². The topological polar surface area (TPSA) is 73.9 Å². The van der Waals surface area contributed by atoms with Gasteiger partial charge in [0.1, 0.15) is 16.0 Å². The van der Waals surface area contributed by atoms with Gasteiger partial charge in [0.05, 0.1) is 11.7 Å². The minimum atomic E-state index is -0.552. The number of thiophene rings is 1. The number of thioether (sulfide) groups is 1. The van der Waals surface area contributed by atoms with Gasteiger partial charge in [-0.2, -0.15) is 0 Å². The van der Waals surface area contributed by atoms with E-state index >= 15 is 0 Å². The van der Waals surface area contributed by atoms with Crippen LogP contribution in [0.25, 0.3) is 0 Å². The van der Waals surface area contributed by atoms with E-state index in [9.17, 15) is 9.59 Å². The lowest BCUT2D eigenvalue weighted by molar-refractivity contribution is -0.116. The average molecular weight is 624 g/mol. The second-order valence-electron chi connectivity index (χ2n) is 11.0. The van der Waals surface area contributed by atoms with Gasteiger partial charge in [0, 0.05) is 52.4 Å². The number of halogens is 1. The molecule has 2 aliphatic rings. The van der Waals surface area contributed by atoms with Gasteiger partial charge in [-0.1, -0.05) is 34.6 Å². The van der Waals surface area contributed by atoms with E-state index in [1.165, 1.54) is 16.1 Å². The molecule has 208 valence electrons. The molecule has 1 aromatic carbocycles. The van der Waals surface area contributed by atoms with Crippen LogP contribution in [0.4, 0.5) is 15.5 Å². The van der Waals surface area contributed by atoms with Crippen molar-refractivity contribution in [1.29, 1.82) is 0 Å². The summed E-state index contributed by atoms with van der Waals surface area (Å²) in [5, 5.41) is 7.58. The summed E-state index contributed by atoms with van der Waals surface area (Å²) in [5.41, 5.74) is 3.02. The van der Waals surface area contributed by atoms with Crippen molar-refractivity contribution in [2.24, 2.45) is 0 Å². The van der Waals surface area contributed by atoms with Gasteiger partial charge in [0.2, 0.25) is 5.91 Å². The number of carbonyl (C=O) groups excluding carboxylic acids is 2. The quantitative estimate of drug-likeness (QED) is 0.337. The SMILES string of the molecule is CC[C@H](C)NCCC(=O)Nc1sc2c(c1C1Sc3ccc(Br)cc3N1C)CCN(C(=O)OC(C)(C)C)[C@@H]2C. The molecular formula is C28H39BrN4O3S2. The van der Waals surface area contributed by atoms with E-state index in [2.05, 4.69) is 77.5 Å². The van der Waals surface area contributed by atoms with E-state index in [0.29, 0.717) is 25.6 Å². The third-order valence-corrected chi connectivity index (χ3v) is 10.2. The largest absolute Gasteiger partial charge is 0.444 e. The number of ether oxygens (including phenoxy) is 1. The molecule has 7 nitrogen and oxygen atoms in total. The van der Waals surface area contributed by atoms with Crippen LogP contribution in [0.15, 0.2) is 27.6 Å². The van der Waals surface area contributed by atoms with Crippen molar-refractivity contribution in [2.75, 3.05) is 30.4 Å². The van der Waals surface area contributed by atoms with Crippen molar-refractivity contribution in [3.05, 3.63) is 38.7 Å². The molecule has 38 heavy (non-hydrogen) atoms. The fourth-order valence-corrected chi connectivity index (χ4v) is 7.94. The summed E-state index contributed by atoms with van der Waals surface area (Å²) in [5.74, 6) is 0.00297. The van der Waals surface area contributed by atoms with E-state index in [4.69, 9.17) is 4.74 Å². The van der Waals surface area contributed by atoms with E-state index in [1.54, 1.807) is 11.3 Å². The lowest BCUT2D eigenvalue weighted by Crippen LogP contribution is -2.41. The van der Waals surface area contributed by atoms with Crippen molar-refractivity contribution in [3.8, 4) is 0 Å². The van der Waals surface area contributed by atoms with E-state index < -0.39 is 5.60 Å². The van der Waals surface area contributed by atoms with Crippen LogP contribution >= 0.6 is 39.0 Å². The summed E-state index contributed by atoms with van der Waals surface area (Å²) < 4.78 is 6.75. The zero-order valence-electron chi connectivity index (χ0n) is 23.3. The van der Waals surface area contributed by atoms with Crippen molar-refractivity contribution < 1.29 is 14.3 Å². The van der Waals surface area contributed by atoms with Gasteiger partial charge >= 0.3 is 6.09 Å². The predicted octanol–water partition coefficient (Wildman–Crippen LogP) is 7.32. The summed E-state index contributed by atoms with van der Waals surface area (Å²) >= 11 is 7.02. The molecule has 3 atom stereocenters. The third-order valence-electron chi connectivity index (χ3n) is 7.01. The van der Waals surface area contributed by atoms with Crippen LogP contribution in [0, 0.1) is 0 Å². The Morgan fingerprint density at radius 2 is 2.03 bits per heavy atom. The number of carbonyl (C=O) groups is 2. The van der Waals surface area contributed by atoms with Gasteiger partial charge in [-0.15, -0.1) is 11.3 Å². The average Bonchev–Trinajstić information content (AvgIpc) is 3.35. The second kappa shape index (κ2) is 11.8. The number of rotatable bonds is 7. The highest BCUT2D eigenvalue weighted by Gasteiger charge is 2.40. The normalized spacial score (nSPS) is 19.7. The first kappa shape index (κ1) is 29.2. The predicted molar refractivity (Wildman–Crippen MR) is 162 cm³/mol. The van der Waals surface area contributed by atoms with Crippen molar-refractivity contribution >= 4 is 61.7 Å². The molecule has 2 aromatic rings. The molecule has 3 heterocycles. The molecule has 0 saturated carbocycles. The van der Waals surface area contributed by atoms with Gasteiger partial charge in [0.15, 0.2) is 0 Å². The smallest absolute Gasteiger partial charge is 0.410 e. The molecule has 0 bridgehead atoms. The summed E-state index contributed by atoms with van der Waals surface area (Å²) in [6.45, 7) is 13.2. The minimum absolute atomic E-state index is 0.00297. The molecule has 1 unspecified atom stereocenters. The van der Waals surface area contributed by atoms with Crippen LogP contribution < -0.4 is 15.5 Å². The van der Waals surface area contributed by atoms with Crippen LogP contribution in [-0.4, -0.2) is 48.7 Å². The Kier molecular flexibility index (Phi) is 9.06. The van der Waals surface area contributed by atoms with Crippen molar-refractivity contribution in [2.45, 2.75) is 88.8 Å². The molecular weight excluding hydrogens is 584 g/mol. The van der Waals surface area contributed by atoms with Gasteiger partial charge in [-0.05, 0) is 71.2 Å². The molecule has 2 aliphatic heterocycles. The molecule has 2 amide bonds. The number of hydrogen-bond acceptors (Lipinski definition) is 7. The minimum Gasteiger partial charge on any atom is -0.444 e. The Bertz CT molecular complexity index is 1200. The van der Waals surface area contributed by atoms with E-state index in [1.807, 2.05) is 37.4 Å². The zero-order valence-corrected chi connectivity index (χ0v) is 26.5. The summed E-state index contributed by atoms with van der Waals surface area (Å²) in [7, 11) is 2.11. The third kappa shape index (κ3) is 6.35. The lowest BCUT2D eigenvalue weighted by atomic mass is 9.98. The standard InChI is InChI=1S/C28H39BrN4O3S2/c1-8-16(2)30-13-11-22(34)31-25-23(26-32(7)20-15-18(29)9-10-21(20)37-26)19-12-14-33(17(3)24(19)38-25)27(35)36-28(4,5)6/h9-10,15-17,26,30H,8,11-14H2,1-7H3,(H,31,34)/t16-,17+,26?/m0/s1. The van der Waals surface area contributed by atoms with Crippen LogP contribution in [0.2, 0.25) is 0 Å². The monoisotopic (exact) mass is 622 g/mol. The van der Waals surface area contributed by atoms with E-state index in [0.717, 1.165) is 32.8 Å². The molecule has 0 saturated heterocycles. The van der Waals surface area contributed by atoms with Crippen LogP contribution in [-0.2, 0) is 16.0 Å². The fraction of sp³-hybridized carbons (Fsp3) is 0.571. The number of amides is 2. The molecule has 0 aliphatic carbocycles. The maximum Gasteiger partial charge on any atom is 0.410 e. The Labute approximate surface area is 243 Å². The number of nitrogens with one attached hydrogen (secondary N) is 2. The fourth-order valence-electron chi connectivity index (χ4n) is 4.79. The summed E-state index contributed by atoms with van der Waals surface area (Å²) in [6, 6.07) is 6.60. The number of hydrogen-bond donors (Lipinski definition) is 2. The Morgan fingerprint density at radius 1 is 1.29 bits per heavy atom. The number of fused-ring (bicyclic) bond motifs is 2. The summed E-state index contributed by atoms with van der Waals surface area (Å²) in [4.78, 5) is 32.5. The molecule has 4 rings (SSSR count). The molecule has 10 heteroatoms. The summed E-state index contributed by atoms with van der Waals surface area (Å²) in [6.07, 6.45) is 1.86. The highest BCUT2D eigenvalue weighted by molar-refractivity contribution is 9.10. The van der Waals surface area contributed by atoms with Crippen LogP contribution in [0.3, 0.4) is 0 Å². The Balaban J connectivity index is 1.65. The first-order valence-corrected chi connectivity index (χ1v) is 15.8. The molecule has 2 N–H and O–H groups in total. The number of benzene rings is 1. The highest BCUT2D eigenvalue weighted by Crippen LogP contribution is 2.56. The van der Waals surface area contributed by atoms with Gasteiger partial charge in [-0.25, -0.2) is 4.79 Å². The van der Waals surface area contributed by atoms with Crippen LogP contribution in [0.1, 0.15) is 81.8 Å². The number of nitrogens with zero attached hydrogens (tertiary/aromatic N) is 2. The molecule has 0 radical (unpaired) electrons. The van der Waals surface area contributed by atoms with Crippen molar-refractivity contribution in [3.63, 3.8) is 0 Å². The molecule has 0 fully saturated rings. The molecule has 1 aromatic heterocycles. The highest BCUT2D eigenvalue weighted by atomic mass is 79.9. The zero-order chi connectivity index (χ0) is 27.8. The van der Waals surface area contributed by atoms with Gasteiger partial charge in [0.25, 0.3) is 0 Å². The Morgan fingerprint density at radius 3 is 2.71 bits per heavy atom. The molecule has 0 spiro atoms. The first-order valence-electron chi connectivity index (χ1n) is 13.3. The van der Waals surface area contributed by atoms with Crippen LogP contribution in [0.5, 0.6) is 0 Å². The Hall–Kier alpha value is -1.75. The number of anilines is 2. The van der Waals surface area contributed by atoms with Crippen molar-refractivity contribution in [1.82, 2.24) is 10.2 Å². The second-order valence-corrected chi connectivity index (χ2v) is 14.1. The maximum absolute atomic E-state index is 13.1. The van der Waals surface area contributed by atoms with Gasteiger partial charge in [-0.3, -0.25) is 4.79 Å². The first-order chi connectivity index (χ1) is 17.9. The maximum atomic E-state index is 13.1. The lowest BCUT2D eigenvalue weighted by Gasteiger charge is -2.35.